The Labute approximate surface area is 78.9 Å². The van der Waals surface area contributed by atoms with Gasteiger partial charge in [0.05, 0.1) is 5.69 Å². The number of ether oxygens (including phenoxy) is 1. The summed E-state index contributed by atoms with van der Waals surface area (Å²) in [6.45, 7) is 3.46. The van der Waals surface area contributed by atoms with Gasteiger partial charge in [0.15, 0.2) is 0 Å². The van der Waals surface area contributed by atoms with Crippen LogP contribution < -0.4 is 15.8 Å². The predicted molar refractivity (Wildman–Crippen MR) is 55.0 cm³/mol. The Hall–Kier alpha value is -1.22. The van der Waals surface area contributed by atoms with Crippen molar-refractivity contribution in [2.45, 2.75) is 6.92 Å². The minimum absolute atomic E-state index is 0.644. The number of aryl methyl sites for hydroxylation is 1. The maximum Gasteiger partial charge on any atom is 0.145 e. The van der Waals surface area contributed by atoms with Crippen LogP contribution in [0.15, 0.2) is 18.2 Å². The molecule has 0 bridgehead atoms. The van der Waals surface area contributed by atoms with Crippen LogP contribution >= 0.6 is 0 Å². The maximum atomic E-state index is 5.76. The first-order chi connectivity index (χ1) is 6.25. The van der Waals surface area contributed by atoms with Gasteiger partial charge in [0.25, 0.3) is 0 Å². The lowest BCUT2D eigenvalue weighted by molar-refractivity contribution is 0.318. The van der Waals surface area contributed by atoms with Gasteiger partial charge in [-0.1, -0.05) is 12.1 Å². The molecule has 0 unspecified atom stereocenters. The van der Waals surface area contributed by atoms with Crippen molar-refractivity contribution in [2.75, 3.05) is 25.9 Å². The van der Waals surface area contributed by atoms with Gasteiger partial charge in [-0.2, -0.15) is 0 Å². The number of likely N-dealkylation sites (N-methyl/N-ethyl adjacent to an activating group) is 1. The summed E-state index contributed by atoms with van der Waals surface area (Å²) in [6.07, 6.45) is 0. The number of hydrogen-bond donors (Lipinski definition) is 2. The topological polar surface area (TPSA) is 47.3 Å². The van der Waals surface area contributed by atoms with Gasteiger partial charge in [-0.15, -0.1) is 0 Å². The number of nitrogen functional groups attached to an aromatic ring is 1. The molecule has 0 fully saturated rings. The zero-order valence-electron chi connectivity index (χ0n) is 8.13. The van der Waals surface area contributed by atoms with Crippen LogP contribution in [0.5, 0.6) is 5.75 Å². The Morgan fingerprint density at radius 1 is 1.46 bits per heavy atom. The highest BCUT2D eigenvalue weighted by Gasteiger charge is 2.02. The average Bonchev–Trinajstić information content (AvgIpc) is 2.10. The predicted octanol–water partition coefficient (Wildman–Crippen LogP) is 1.18. The van der Waals surface area contributed by atoms with E-state index in [2.05, 4.69) is 5.32 Å². The lowest BCUT2D eigenvalue weighted by Gasteiger charge is -2.10. The second-order valence-electron chi connectivity index (χ2n) is 2.95. The Morgan fingerprint density at radius 2 is 2.23 bits per heavy atom. The zero-order valence-corrected chi connectivity index (χ0v) is 8.13. The summed E-state index contributed by atoms with van der Waals surface area (Å²) in [5.41, 5.74) is 7.54. The van der Waals surface area contributed by atoms with Crippen LogP contribution in [-0.4, -0.2) is 20.2 Å². The molecular formula is C10H16N2O. The number of anilines is 1. The van der Waals surface area contributed by atoms with Crippen molar-refractivity contribution in [1.82, 2.24) is 5.32 Å². The first-order valence-electron chi connectivity index (χ1n) is 4.38. The van der Waals surface area contributed by atoms with E-state index in [0.29, 0.717) is 12.3 Å². The largest absolute Gasteiger partial charge is 0.490 e. The van der Waals surface area contributed by atoms with Crippen molar-refractivity contribution >= 4 is 5.69 Å². The van der Waals surface area contributed by atoms with Crippen molar-refractivity contribution < 1.29 is 4.74 Å². The number of hydrogen-bond acceptors (Lipinski definition) is 3. The van der Waals surface area contributed by atoms with E-state index in [1.807, 2.05) is 32.2 Å². The number of rotatable bonds is 4. The molecule has 0 aliphatic heterocycles. The molecule has 0 aliphatic rings. The molecule has 3 nitrogen and oxygen atoms in total. The van der Waals surface area contributed by atoms with Crippen LogP contribution in [0, 0.1) is 6.92 Å². The van der Waals surface area contributed by atoms with E-state index < -0.39 is 0 Å². The molecule has 0 radical (unpaired) electrons. The summed E-state index contributed by atoms with van der Waals surface area (Å²) in [7, 11) is 1.89. The van der Waals surface area contributed by atoms with Gasteiger partial charge in [0, 0.05) is 6.54 Å². The van der Waals surface area contributed by atoms with E-state index in [4.69, 9.17) is 10.5 Å². The van der Waals surface area contributed by atoms with Gasteiger partial charge in [-0.3, -0.25) is 0 Å². The van der Waals surface area contributed by atoms with E-state index in [0.717, 1.165) is 17.9 Å². The minimum Gasteiger partial charge on any atom is -0.490 e. The molecular weight excluding hydrogens is 164 g/mol. The third-order valence-corrected chi connectivity index (χ3v) is 1.84. The van der Waals surface area contributed by atoms with Gasteiger partial charge < -0.3 is 15.8 Å². The van der Waals surface area contributed by atoms with E-state index in [9.17, 15) is 0 Å². The molecule has 0 atom stereocenters. The molecule has 3 N–H and O–H groups in total. The fourth-order valence-corrected chi connectivity index (χ4v) is 1.13. The second-order valence-corrected chi connectivity index (χ2v) is 2.95. The normalized spacial score (nSPS) is 10.0. The van der Waals surface area contributed by atoms with E-state index >= 15 is 0 Å². The Bertz CT molecular complexity index is 253. The number of nitrogens with two attached hydrogens (primary N) is 1. The number of para-hydroxylation sites is 1. The van der Waals surface area contributed by atoms with Crippen molar-refractivity contribution in [3.63, 3.8) is 0 Å². The van der Waals surface area contributed by atoms with Crippen LogP contribution in [0.4, 0.5) is 5.69 Å². The number of benzene rings is 1. The van der Waals surface area contributed by atoms with Crippen LogP contribution in [0.2, 0.25) is 0 Å². The highest BCUT2D eigenvalue weighted by atomic mass is 16.5. The molecule has 0 amide bonds. The van der Waals surface area contributed by atoms with Crippen LogP contribution in [-0.2, 0) is 0 Å². The summed E-state index contributed by atoms with van der Waals surface area (Å²) in [4.78, 5) is 0. The summed E-state index contributed by atoms with van der Waals surface area (Å²) >= 11 is 0. The smallest absolute Gasteiger partial charge is 0.145 e. The molecule has 1 aromatic carbocycles. The highest BCUT2D eigenvalue weighted by molar-refractivity contribution is 5.56. The van der Waals surface area contributed by atoms with Crippen molar-refractivity contribution in [3.05, 3.63) is 23.8 Å². The first kappa shape index (κ1) is 9.86. The molecule has 0 spiro atoms. The van der Waals surface area contributed by atoms with Crippen LogP contribution in [0.25, 0.3) is 0 Å². The molecule has 0 heterocycles. The Morgan fingerprint density at radius 3 is 2.85 bits per heavy atom. The Kier molecular flexibility index (Phi) is 3.58. The molecule has 0 saturated heterocycles. The Balaban J connectivity index is 2.64. The average molecular weight is 180 g/mol. The molecule has 1 aromatic rings. The third kappa shape index (κ3) is 2.63. The molecule has 3 heteroatoms. The van der Waals surface area contributed by atoms with E-state index in [1.165, 1.54) is 0 Å². The fourth-order valence-electron chi connectivity index (χ4n) is 1.13. The molecule has 1 rings (SSSR count). The summed E-state index contributed by atoms with van der Waals surface area (Å²) in [6, 6.07) is 5.77. The van der Waals surface area contributed by atoms with Crippen molar-refractivity contribution in [1.29, 1.82) is 0 Å². The second kappa shape index (κ2) is 4.72. The molecule has 0 aliphatic carbocycles. The van der Waals surface area contributed by atoms with Crippen molar-refractivity contribution in [2.24, 2.45) is 0 Å². The van der Waals surface area contributed by atoms with Gasteiger partial charge in [0.1, 0.15) is 12.4 Å². The maximum absolute atomic E-state index is 5.76. The molecule has 0 saturated carbocycles. The van der Waals surface area contributed by atoms with Gasteiger partial charge in [-0.05, 0) is 25.6 Å². The SMILES string of the molecule is CNCCOc1c(C)cccc1N. The quantitative estimate of drug-likeness (QED) is 0.540. The monoisotopic (exact) mass is 180 g/mol. The lowest BCUT2D eigenvalue weighted by atomic mass is 10.2. The standard InChI is InChI=1S/C10H16N2O/c1-8-4-3-5-9(11)10(8)13-7-6-12-2/h3-5,12H,6-7,11H2,1-2H3. The van der Waals surface area contributed by atoms with Gasteiger partial charge >= 0.3 is 0 Å². The molecule has 0 aromatic heterocycles. The third-order valence-electron chi connectivity index (χ3n) is 1.84. The molecule has 72 valence electrons. The first-order valence-corrected chi connectivity index (χ1v) is 4.38. The lowest BCUT2D eigenvalue weighted by Crippen LogP contribution is -2.16. The summed E-state index contributed by atoms with van der Waals surface area (Å²) in [5.74, 6) is 0.803. The van der Waals surface area contributed by atoms with E-state index in [1.54, 1.807) is 0 Å². The summed E-state index contributed by atoms with van der Waals surface area (Å²) in [5, 5.41) is 3.01. The summed E-state index contributed by atoms with van der Waals surface area (Å²) < 4.78 is 5.52. The van der Waals surface area contributed by atoms with Crippen LogP contribution in [0.3, 0.4) is 0 Å². The fraction of sp³-hybridized carbons (Fsp3) is 0.400. The number of nitrogens with one attached hydrogen (secondary N) is 1. The van der Waals surface area contributed by atoms with Gasteiger partial charge in [-0.25, -0.2) is 0 Å². The van der Waals surface area contributed by atoms with Crippen LogP contribution in [0.1, 0.15) is 5.56 Å². The zero-order chi connectivity index (χ0) is 9.68. The van der Waals surface area contributed by atoms with E-state index in [-0.39, 0.29) is 0 Å². The van der Waals surface area contributed by atoms with Crippen molar-refractivity contribution in [3.8, 4) is 5.75 Å². The van der Waals surface area contributed by atoms with Gasteiger partial charge in [0.2, 0.25) is 0 Å². The highest BCUT2D eigenvalue weighted by Crippen LogP contribution is 2.24. The molecule has 13 heavy (non-hydrogen) atoms. The minimum atomic E-state index is 0.644.